The second-order valence-corrected chi connectivity index (χ2v) is 5.16. The highest BCUT2D eigenvalue weighted by Crippen LogP contribution is 2.33. The average molecular weight is 332 g/mol. The standard InChI is InChI=1S/C16H11ClFN3O2/c1-9-13(16(22)20-10-4-3-7-19-8-10)15(21-23-9)14-11(17)5-2-6-12(14)18/h2-8H,1H3,(H,20,22). The number of hydrogen-bond donors (Lipinski definition) is 1. The molecule has 0 aliphatic carbocycles. The molecule has 0 bridgehead atoms. The predicted molar refractivity (Wildman–Crippen MR) is 83.8 cm³/mol. The Bertz CT molecular complexity index is 845. The van der Waals surface area contributed by atoms with Crippen molar-refractivity contribution in [1.82, 2.24) is 10.1 Å². The Labute approximate surface area is 136 Å². The Kier molecular flexibility index (Phi) is 4.08. The lowest BCUT2D eigenvalue weighted by molar-refractivity contribution is 0.102. The number of nitrogens with one attached hydrogen (secondary N) is 1. The van der Waals surface area contributed by atoms with Crippen LogP contribution in [0.5, 0.6) is 0 Å². The highest BCUT2D eigenvalue weighted by atomic mass is 35.5. The van der Waals surface area contributed by atoms with E-state index in [0.717, 1.165) is 0 Å². The van der Waals surface area contributed by atoms with Crippen molar-refractivity contribution in [2.75, 3.05) is 5.32 Å². The molecule has 0 radical (unpaired) electrons. The minimum atomic E-state index is -0.582. The number of benzene rings is 1. The third kappa shape index (κ3) is 2.93. The van der Waals surface area contributed by atoms with Gasteiger partial charge in [-0.05, 0) is 31.2 Å². The van der Waals surface area contributed by atoms with Crippen LogP contribution in [-0.2, 0) is 0 Å². The quantitative estimate of drug-likeness (QED) is 0.785. The van der Waals surface area contributed by atoms with Crippen LogP contribution >= 0.6 is 11.6 Å². The van der Waals surface area contributed by atoms with E-state index in [0.29, 0.717) is 5.69 Å². The Morgan fingerprint density at radius 2 is 2.13 bits per heavy atom. The van der Waals surface area contributed by atoms with Gasteiger partial charge in [-0.1, -0.05) is 22.8 Å². The van der Waals surface area contributed by atoms with Crippen molar-refractivity contribution >= 4 is 23.2 Å². The Morgan fingerprint density at radius 3 is 2.83 bits per heavy atom. The third-order valence-electron chi connectivity index (χ3n) is 3.21. The fourth-order valence-corrected chi connectivity index (χ4v) is 2.42. The largest absolute Gasteiger partial charge is 0.360 e. The highest BCUT2D eigenvalue weighted by Gasteiger charge is 2.25. The summed E-state index contributed by atoms with van der Waals surface area (Å²) in [5.41, 5.74) is 0.721. The maximum Gasteiger partial charge on any atom is 0.261 e. The predicted octanol–water partition coefficient (Wildman–Crippen LogP) is 4.09. The van der Waals surface area contributed by atoms with Gasteiger partial charge in [-0.2, -0.15) is 0 Å². The van der Waals surface area contributed by atoms with Gasteiger partial charge in [-0.15, -0.1) is 0 Å². The fraction of sp³-hybridized carbons (Fsp3) is 0.0625. The van der Waals surface area contributed by atoms with Crippen molar-refractivity contribution in [3.63, 3.8) is 0 Å². The molecule has 0 saturated carbocycles. The molecular formula is C16H11ClFN3O2. The summed E-state index contributed by atoms with van der Waals surface area (Å²) < 4.78 is 19.2. The second kappa shape index (κ2) is 6.18. The molecule has 0 aliphatic rings. The number of aromatic nitrogens is 2. The number of aryl methyl sites for hydroxylation is 1. The van der Waals surface area contributed by atoms with Crippen LogP contribution in [0.1, 0.15) is 16.1 Å². The summed E-state index contributed by atoms with van der Waals surface area (Å²) >= 11 is 6.05. The molecule has 2 aromatic heterocycles. The molecule has 2 heterocycles. The van der Waals surface area contributed by atoms with Crippen molar-refractivity contribution in [2.24, 2.45) is 0 Å². The zero-order valence-corrected chi connectivity index (χ0v) is 12.8. The molecule has 23 heavy (non-hydrogen) atoms. The number of amides is 1. The summed E-state index contributed by atoms with van der Waals surface area (Å²) in [6.07, 6.45) is 3.08. The molecule has 1 amide bonds. The molecule has 7 heteroatoms. The van der Waals surface area contributed by atoms with Crippen LogP contribution in [0.3, 0.4) is 0 Å². The second-order valence-electron chi connectivity index (χ2n) is 4.75. The van der Waals surface area contributed by atoms with Crippen LogP contribution in [0.4, 0.5) is 10.1 Å². The number of nitrogens with zero attached hydrogens (tertiary/aromatic N) is 2. The van der Waals surface area contributed by atoms with Gasteiger partial charge in [-0.25, -0.2) is 4.39 Å². The first-order valence-electron chi connectivity index (χ1n) is 6.70. The number of halogens is 2. The molecule has 116 valence electrons. The van der Waals surface area contributed by atoms with Gasteiger partial charge in [0.15, 0.2) is 0 Å². The van der Waals surface area contributed by atoms with E-state index in [1.807, 2.05) is 0 Å². The molecule has 0 unspecified atom stereocenters. The van der Waals surface area contributed by atoms with E-state index < -0.39 is 11.7 Å². The van der Waals surface area contributed by atoms with E-state index in [9.17, 15) is 9.18 Å². The van der Waals surface area contributed by atoms with E-state index >= 15 is 0 Å². The molecule has 0 saturated heterocycles. The van der Waals surface area contributed by atoms with Crippen molar-refractivity contribution in [3.05, 3.63) is 64.9 Å². The maximum atomic E-state index is 14.1. The van der Waals surface area contributed by atoms with E-state index in [1.165, 1.54) is 24.4 Å². The number of carbonyl (C=O) groups is 1. The van der Waals surface area contributed by atoms with E-state index in [-0.39, 0.29) is 27.6 Å². The lowest BCUT2D eigenvalue weighted by Gasteiger charge is -2.07. The number of rotatable bonds is 3. The minimum Gasteiger partial charge on any atom is -0.360 e. The number of carbonyl (C=O) groups excluding carboxylic acids is 1. The summed E-state index contributed by atoms with van der Waals surface area (Å²) in [6, 6.07) is 7.61. The fourth-order valence-electron chi connectivity index (χ4n) is 2.16. The maximum absolute atomic E-state index is 14.1. The van der Waals surface area contributed by atoms with E-state index in [2.05, 4.69) is 15.5 Å². The van der Waals surface area contributed by atoms with Crippen molar-refractivity contribution in [2.45, 2.75) is 6.92 Å². The first-order valence-corrected chi connectivity index (χ1v) is 7.07. The first-order chi connectivity index (χ1) is 11.1. The van der Waals surface area contributed by atoms with Crippen LogP contribution in [-0.4, -0.2) is 16.0 Å². The minimum absolute atomic E-state index is 0.0300. The molecule has 3 aromatic rings. The van der Waals surface area contributed by atoms with Crippen LogP contribution in [0.15, 0.2) is 47.2 Å². The zero-order valence-electron chi connectivity index (χ0n) is 12.0. The molecule has 0 fully saturated rings. The summed E-state index contributed by atoms with van der Waals surface area (Å²) in [6.45, 7) is 1.57. The summed E-state index contributed by atoms with van der Waals surface area (Å²) in [4.78, 5) is 16.4. The monoisotopic (exact) mass is 331 g/mol. The molecule has 0 atom stereocenters. The van der Waals surface area contributed by atoms with Gasteiger partial charge in [0.1, 0.15) is 22.8 Å². The van der Waals surface area contributed by atoms with Gasteiger partial charge < -0.3 is 9.84 Å². The molecule has 1 aromatic carbocycles. The van der Waals surface area contributed by atoms with E-state index in [1.54, 1.807) is 25.3 Å². The van der Waals surface area contributed by atoms with Crippen LogP contribution in [0.2, 0.25) is 5.02 Å². The summed E-state index contributed by atoms with van der Waals surface area (Å²) in [5, 5.41) is 6.61. The molecule has 0 spiro atoms. The lowest BCUT2D eigenvalue weighted by Crippen LogP contribution is -2.13. The van der Waals surface area contributed by atoms with Gasteiger partial charge in [0.05, 0.1) is 22.5 Å². The Morgan fingerprint density at radius 1 is 1.30 bits per heavy atom. The molecule has 1 N–H and O–H groups in total. The van der Waals surface area contributed by atoms with Gasteiger partial charge >= 0.3 is 0 Å². The van der Waals surface area contributed by atoms with Gasteiger partial charge in [0.25, 0.3) is 5.91 Å². The number of pyridine rings is 1. The SMILES string of the molecule is Cc1onc(-c2c(F)cccc2Cl)c1C(=O)Nc1cccnc1. The van der Waals surface area contributed by atoms with Crippen molar-refractivity contribution < 1.29 is 13.7 Å². The molecule has 5 nitrogen and oxygen atoms in total. The Balaban J connectivity index is 2.04. The third-order valence-corrected chi connectivity index (χ3v) is 3.52. The molecule has 3 rings (SSSR count). The number of anilines is 1. The highest BCUT2D eigenvalue weighted by molar-refractivity contribution is 6.33. The van der Waals surface area contributed by atoms with Gasteiger partial charge in [0, 0.05) is 6.20 Å². The van der Waals surface area contributed by atoms with Crippen molar-refractivity contribution in [3.8, 4) is 11.3 Å². The summed E-state index contributed by atoms with van der Waals surface area (Å²) in [5.74, 6) is -0.798. The van der Waals surface area contributed by atoms with Crippen LogP contribution in [0, 0.1) is 12.7 Å². The average Bonchev–Trinajstić information content (AvgIpc) is 2.90. The van der Waals surface area contributed by atoms with Crippen LogP contribution < -0.4 is 5.32 Å². The summed E-state index contributed by atoms with van der Waals surface area (Å²) in [7, 11) is 0. The zero-order chi connectivity index (χ0) is 16.4. The first kappa shape index (κ1) is 15.2. The Hall–Kier alpha value is -2.73. The van der Waals surface area contributed by atoms with Gasteiger partial charge in [0.2, 0.25) is 0 Å². The van der Waals surface area contributed by atoms with Crippen LogP contribution in [0.25, 0.3) is 11.3 Å². The lowest BCUT2D eigenvalue weighted by atomic mass is 10.0. The smallest absolute Gasteiger partial charge is 0.261 e. The molecule has 0 aliphatic heterocycles. The normalized spacial score (nSPS) is 10.6. The van der Waals surface area contributed by atoms with Crippen molar-refractivity contribution in [1.29, 1.82) is 0 Å². The van der Waals surface area contributed by atoms with Gasteiger partial charge in [-0.3, -0.25) is 9.78 Å². The molecular weight excluding hydrogens is 321 g/mol. The topological polar surface area (TPSA) is 68.0 Å². The number of hydrogen-bond acceptors (Lipinski definition) is 4. The van der Waals surface area contributed by atoms with E-state index in [4.69, 9.17) is 16.1 Å².